The summed E-state index contributed by atoms with van der Waals surface area (Å²) in [5.74, 6) is 0. The molecule has 0 aromatic heterocycles. The molecule has 0 fully saturated rings. The van der Waals surface area contributed by atoms with Gasteiger partial charge in [0.15, 0.2) is 0 Å². The average molecular weight is 301 g/mol. The Balaban J connectivity index is 0. The normalized spacial score (nSPS) is 9.31. The molecule has 0 aliphatic carbocycles. The molecule has 0 aliphatic rings. The fourth-order valence-electron chi connectivity index (χ4n) is 1.31. The maximum atomic E-state index is 3.83. The first-order valence-electron chi connectivity index (χ1n) is 5.47. The third-order valence-corrected chi connectivity index (χ3v) is 2.10. The van der Waals surface area contributed by atoms with Gasteiger partial charge in [-0.1, -0.05) is 58.3 Å². The van der Waals surface area contributed by atoms with Crippen molar-refractivity contribution in [3.05, 3.63) is 6.92 Å². The van der Waals surface area contributed by atoms with E-state index in [4.69, 9.17) is 0 Å². The van der Waals surface area contributed by atoms with Gasteiger partial charge in [0, 0.05) is 0 Å². The van der Waals surface area contributed by atoms with Crippen LogP contribution in [0.25, 0.3) is 0 Å². The van der Waals surface area contributed by atoms with Crippen LogP contribution in [-0.4, -0.2) is 0 Å². The summed E-state index contributed by atoms with van der Waals surface area (Å²) in [5, 5.41) is 0. The van der Waals surface area contributed by atoms with Crippen molar-refractivity contribution in [1.82, 2.24) is 0 Å². The third kappa shape index (κ3) is 19.5. The Hall–Kier alpha value is 1.10. The summed E-state index contributed by atoms with van der Waals surface area (Å²) in [7, 11) is 0. The van der Waals surface area contributed by atoms with Crippen LogP contribution in [0.3, 0.4) is 0 Å². The van der Waals surface area contributed by atoms with Gasteiger partial charge in [-0.2, -0.15) is 6.42 Å². The average Bonchev–Trinajstić information content (AvgIpc) is 2.20. The van der Waals surface area contributed by atoms with E-state index >= 15 is 0 Å². The van der Waals surface area contributed by atoms with Crippen LogP contribution in [0.15, 0.2) is 0 Å². The zero-order valence-electron chi connectivity index (χ0n) is 9.16. The zero-order chi connectivity index (χ0) is 10.4. The van der Waals surface area contributed by atoms with E-state index in [1.807, 2.05) is 0 Å². The third-order valence-electron chi connectivity index (χ3n) is 2.10. The summed E-state index contributed by atoms with van der Waals surface area (Å²) in [6.45, 7) is 6.10. The minimum absolute atomic E-state index is 1.12. The van der Waals surface area contributed by atoms with Crippen LogP contribution in [0.4, 0.5) is 0 Å². The van der Waals surface area contributed by atoms with E-state index in [9.17, 15) is 0 Å². The van der Waals surface area contributed by atoms with Crippen LogP contribution in [0.5, 0.6) is 0 Å². The minimum atomic E-state index is 1.12. The number of hydrogen-bond donors (Lipinski definition) is 0. The van der Waals surface area contributed by atoms with Crippen LogP contribution in [0.2, 0.25) is 0 Å². The molecule has 0 saturated carbocycles. The van der Waals surface area contributed by atoms with Gasteiger partial charge in [-0.05, 0) is 0 Å². The van der Waals surface area contributed by atoms with Gasteiger partial charge >= 0.3 is 30.0 Å². The van der Waals surface area contributed by atoms with E-state index in [-0.39, 0.29) is 0 Å². The molecule has 76 valence electrons. The molecular formula is C11H23BrZn. The molecule has 0 unspecified atom stereocenters. The first-order chi connectivity index (χ1) is 6.41. The second-order valence-corrected chi connectivity index (χ2v) is 3.33. The van der Waals surface area contributed by atoms with E-state index in [0.29, 0.717) is 0 Å². The second kappa shape index (κ2) is 18.8. The summed E-state index contributed by atoms with van der Waals surface area (Å²) in [5.41, 5.74) is 0. The van der Waals surface area contributed by atoms with Crippen molar-refractivity contribution in [3.8, 4) is 0 Å². The topological polar surface area (TPSA) is 0 Å². The van der Waals surface area contributed by atoms with Crippen molar-refractivity contribution in [2.75, 3.05) is 0 Å². The molecule has 0 spiro atoms. The van der Waals surface area contributed by atoms with Gasteiger partial charge in [0.2, 0.25) is 0 Å². The van der Waals surface area contributed by atoms with Gasteiger partial charge in [0.05, 0.1) is 0 Å². The molecule has 0 aromatic rings. The Morgan fingerprint density at radius 1 is 0.846 bits per heavy atom. The maximum absolute atomic E-state index is 3.83. The van der Waals surface area contributed by atoms with Crippen molar-refractivity contribution in [2.45, 2.75) is 64.7 Å². The van der Waals surface area contributed by atoms with Crippen molar-refractivity contribution in [1.29, 1.82) is 0 Å². The van der Waals surface area contributed by atoms with Gasteiger partial charge in [-0.15, -0.1) is 0 Å². The first kappa shape index (κ1) is 16.5. The Morgan fingerprint density at radius 2 is 1.23 bits per heavy atom. The van der Waals surface area contributed by atoms with Gasteiger partial charge in [-0.25, -0.2) is 0 Å². The van der Waals surface area contributed by atoms with Crippen molar-refractivity contribution < 1.29 is 16.3 Å². The Bertz CT molecular complexity index is 59.1. The molecule has 0 N–H and O–H groups in total. The Labute approximate surface area is 101 Å². The molecule has 0 aliphatic heterocycles. The second-order valence-electron chi connectivity index (χ2n) is 3.33. The van der Waals surface area contributed by atoms with E-state index in [0.717, 1.165) is 6.42 Å². The number of unbranched alkanes of at least 4 members (excludes halogenated alkanes) is 8. The molecule has 0 rings (SSSR count). The van der Waals surface area contributed by atoms with E-state index in [1.54, 1.807) is 0 Å². The molecule has 0 amide bonds. The van der Waals surface area contributed by atoms with Gasteiger partial charge in [-0.3, -0.25) is 0 Å². The fourth-order valence-corrected chi connectivity index (χ4v) is 1.31. The van der Waals surface area contributed by atoms with Gasteiger partial charge in [0.25, 0.3) is 0 Å². The number of halogens is 1. The van der Waals surface area contributed by atoms with E-state index < -0.39 is 0 Å². The molecule has 2 heteroatoms. The van der Waals surface area contributed by atoms with E-state index in [1.165, 1.54) is 67.7 Å². The molecule has 0 nitrogen and oxygen atoms in total. The molecule has 13 heavy (non-hydrogen) atoms. The van der Waals surface area contributed by atoms with Crippen molar-refractivity contribution in [2.24, 2.45) is 0 Å². The van der Waals surface area contributed by atoms with Crippen molar-refractivity contribution >= 4 is 13.6 Å². The molecule has 0 saturated heterocycles. The van der Waals surface area contributed by atoms with Crippen LogP contribution in [0, 0.1) is 6.92 Å². The first-order valence-corrected chi connectivity index (χ1v) is 12.4. The standard InChI is InChI=1S/C11H23.BrH.Zn/c1-3-5-7-9-11-10-8-6-4-2;;/h1,3-11H2,2H3;1H;/q-1;;+2/p-1. The molecular weight excluding hydrogens is 277 g/mol. The Morgan fingerprint density at radius 3 is 1.62 bits per heavy atom. The predicted molar refractivity (Wildman–Crippen MR) is 61.5 cm³/mol. The summed E-state index contributed by atoms with van der Waals surface area (Å²) >= 11 is 4.25. The zero-order valence-corrected chi connectivity index (χ0v) is 13.7. The van der Waals surface area contributed by atoms with Crippen molar-refractivity contribution in [3.63, 3.8) is 0 Å². The summed E-state index contributed by atoms with van der Waals surface area (Å²) in [6.07, 6.45) is 12.4. The number of hydrogen-bond acceptors (Lipinski definition) is 0. The van der Waals surface area contributed by atoms with Crippen LogP contribution < -0.4 is 0 Å². The SMILES string of the molecule is [CH2-]CCCCCCCCCC.[Zn+][Br]. The van der Waals surface area contributed by atoms with Crippen LogP contribution >= 0.6 is 13.6 Å². The summed E-state index contributed by atoms with van der Waals surface area (Å²) in [4.78, 5) is 0. The van der Waals surface area contributed by atoms with Gasteiger partial charge < -0.3 is 6.92 Å². The van der Waals surface area contributed by atoms with Crippen LogP contribution in [0.1, 0.15) is 64.7 Å². The molecule has 0 atom stereocenters. The molecule has 0 heterocycles. The van der Waals surface area contributed by atoms with E-state index in [2.05, 4.69) is 27.5 Å². The predicted octanol–water partition coefficient (Wildman–Crippen LogP) is 5.19. The summed E-state index contributed by atoms with van der Waals surface area (Å²) < 4.78 is 0. The molecule has 0 bridgehead atoms. The van der Waals surface area contributed by atoms with Crippen LogP contribution in [-0.2, 0) is 16.3 Å². The quantitative estimate of drug-likeness (QED) is 0.328. The molecule has 0 aromatic carbocycles. The monoisotopic (exact) mass is 298 g/mol. The molecule has 0 radical (unpaired) electrons. The fraction of sp³-hybridized carbons (Fsp3) is 0.909. The number of rotatable bonds is 8. The van der Waals surface area contributed by atoms with Gasteiger partial charge in [0.1, 0.15) is 0 Å². The Kier molecular flexibility index (Phi) is 23.9. The summed E-state index contributed by atoms with van der Waals surface area (Å²) in [6, 6.07) is 0.